The highest BCUT2D eigenvalue weighted by atomic mass is 16.6. The van der Waals surface area contributed by atoms with Crippen molar-refractivity contribution < 1.29 is 9.63 Å². The monoisotopic (exact) mass is 285 g/mol. The number of oxime groups is 1. The summed E-state index contributed by atoms with van der Waals surface area (Å²) >= 11 is 0. The van der Waals surface area contributed by atoms with Gasteiger partial charge in [0.05, 0.1) is 12.3 Å². The number of carbonyl (C=O) groups is 1. The van der Waals surface area contributed by atoms with E-state index >= 15 is 0 Å². The molecular weight excluding hydrogens is 266 g/mol. The van der Waals surface area contributed by atoms with Gasteiger partial charge in [-0.05, 0) is 25.0 Å². The Kier molecular flexibility index (Phi) is 3.99. The van der Waals surface area contributed by atoms with Crippen LogP contribution in [0.25, 0.3) is 0 Å². The van der Waals surface area contributed by atoms with Crippen LogP contribution in [-0.2, 0) is 9.63 Å². The van der Waals surface area contributed by atoms with Crippen molar-refractivity contribution in [1.29, 1.82) is 0 Å². The van der Waals surface area contributed by atoms with E-state index in [1.165, 1.54) is 0 Å². The molecule has 0 radical (unpaired) electrons. The molecule has 0 aromatic carbocycles. The van der Waals surface area contributed by atoms with Crippen molar-refractivity contribution in [2.24, 2.45) is 11.1 Å². The first-order chi connectivity index (χ1) is 10.3. The van der Waals surface area contributed by atoms with Crippen LogP contribution in [-0.4, -0.2) is 40.7 Å². The minimum Gasteiger partial charge on any atom is -0.390 e. The van der Waals surface area contributed by atoms with Crippen LogP contribution in [0, 0.1) is 5.92 Å². The maximum absolute atomic E-state index is 12.2. The van der Waals surface area contributed by atoms with Crippen molar-refractivity contribution >= 4 is 11.6 Å². The Bertz CT molecular complexity index is 552. The van der Waals surface area contributed by atoms with Crippen LogP contribution in [0.1, 0.15) is 24.8 Å². The van der Waals surface area contributed by atoms with Crippen molar-refractivity contribution in [3.63, 3.8) is 0 Å². The molecule has 1 aromatic rings. The molecule has 1 fully saturated rings. The summed E-state index contributed by atoms with van der Waals surface area (Å²) in [4.78, 5) is 23.6. The number of rotatable bonds is 6. The molecule has 1 aliphatic heterocycles. The van der Waals surface area contributed by atoms with E-state index in [9.17, 15) is 4.79 Å². The van der Waals surface area contributed by atoms with E-state index in [4.69, 9.17) is 4.84 Å². The third-order valence-corrected chi connectivity index (χ3v) is 3.74. The normalized spacial score (nSPS) is 20.6. The zero-order valence-corrected chi connectivity index (χ0v) is 11.9. The smallest absolute Gasteiger partial charge is 0.226 e. The van der Waals surface area contributed by atoms with Crippen LogP contribution in [0.3, 0.4) is 0 Å². The first-order valence-electron chi connectivity index (χ1n) is 7.30. The van der Waals surface area contributed by atoms with E-state index in [1.807, 2.05) is 17.0 Å². The number of hydrogen-bond donors (Lipinski definition) is 0. The third-order valence-electron chi connectivity index (χ3n) is 3.74. The lowest BCUT2D eigenvalue weighted by Crippen LogP contribution is -2.38. The molecule has 1 amide bonds. The Hall–Kier alpha value is -2.17. The number of amides is 1. The van der Waals surface area contributed by atoms with Crippen LogP contribution in [0.5, 0.6) is 0 Å². The highest BCUT2D eigenvalue weighted by Gasteiger charge is 2.35. The molecule has 1 unspecified atom stereocenters. The maximum Gasteiger partial charge on any atom is 0.226 e. The van der Waals surface area contributed by atoms with Gasteiger partial charge in [-0.15, -0.1) is 6.58 Å². The van der Waals surface area contributed by atoms with E-state index in [0.29, 0.717) is 19.5 Å². The SMILES string of the molecule is C=CCN(CC1CC(c2cccnc2)=NO1)C(=O)C1CC1. The van der Waals surface area contributed by atoms with Gasteiger partial charge < -0.3 is 9.74 Å². The molecule has 5 nitrogen and oxygen atoms in total. The van der Waals surface area contributed by atoms with Crippen molar-refractivity contribution in [2.45, 2.75) is 25.4 Å². The molecule has 2 aliphatic rings. The average Bonchev–Trinajstić information content (AvgIpc) is 3.26. The van der Waals surface area contributed by atoms with Crippen molar-refractivity contribution in [1.82, 2.24) is 9.88 Å². The summed E-state index contributed by atoms with van der Waals surface area (Å²) in [6, 6.07) is 3.85. The van der Waals surface area contributed by atoms with Crippen LogP contribution in [0.2, 0.25) is 0 Å². The maximum atomic E-state index is 12.2. The summed E-state index contributed by atoms with van der Waals surface area (Å²) in [6.07, 6.45) is 7.92. The number of aromatic nitrogens is 1. The van der Waals surface area contributed by atoms with Crippen molar-refractivity contribution in [3.05, 3.63) is 42.7 Å². The molecular formula is C16H19N3O2. The standard InChI is InChI=1S/C16H19N3O2/c1-2-8-19(16(20)12-5-6-12)11-14-9-15(18-21-14)13-4-3-7-17-10-13/h2-4,7,10,12,14H,1,5-6,8-9,11H2. The average molecular weight is 285 g/mol. The van der Waals surface area contributed by atoms with Gasteiger partial charge in [0.15, 0.2) is 6.10 Å². The second-order valence-corrected chi connectivity index (χ2v) is 5.52. The highest BCUT2D eigenvalue weighted by Crippen LogP contribution is 2.31. The molecule has 3 rings (SSSR count). The lowest BCUT2D eigenvalue weighted by Gasteiger charge is -2.23. The van der Waals surface area contributed by atoms with Gasteiger partial charge in [-0.3, -0.25) is 9.78 Å². The van der Waals surface area contributed by atoms with Gasteiger partial charge >= 0.3 is 0 Å². The Balaban J connectivity index is 1.59. The molecule has 2 heterocycles. The molecule has 21 heavy (non-hydrogen) atoms. The Morgan fingerprint density at radius 2 is 2.38 bits per heavy atom. The molecule has 0 bridgehead atoms. The van der Waals surface area contributed by atoms with E-state index < -0.39 is 0 Å². The zero-order valence-electron chi connectivity index (χ0n) is 11.9. The summed E-state index contributed by atoms with van der Waals surface area (Å²) in [5.74, 6) is 0.429. The topological polar surface area (TPSA) is 54.8 Å². The fourth-order valence-corrected chi connectivity index (χ4v) is 2.47. The fraction of sp³-hybridized carbons (Fsp3) is 0.438. The summed E-state index contributed by atoms with van der Waals surface area (Å²) in [5.41, 5.74) is 1.87. The van der Waals surface area contributed by atoms with Gasteiger partial charge in [0.25, 0.3) is 0 Å². The summed E-state index contributed by atoms with van der Waals surface area (Å²) in [5, 5.41) is 4.13. The molecule has 5 heteroatoms. The first kappa shape index (κ1) is 13.8. The van der Waals surface area contributed by atoms with E-state index in [2.05, 4.69) is 16.7 Å². The van der Waals surface area contributed by atoms with E-state index in [0.717, 1.165) is 24.1 Å². The molecule has 1 saturated carbocycles. The molecule has 1 atom stereocenters. The van der Waals surface area contributed by atoms with Gasteiger partial charge in [-0.2, -0.15) is 0 Å². The van der Waals surface area contributed by atoms with Crippen LogP contribution < -0.4 is 0 Å². The number of pyridine rings is 1. The van der Waals surface area contributed by atoms with Crippen molar-refractivity contribution in [2.75, 3.05) is 13.1 Å². The lowest BCUT2D eigenvalue weighted by atomic mass is 10.1. The minimum absolute atomic E-state index is 0.0807. The van der Waals surface area contributed by atoms with Gasteiger partial charge in [0.1, 0.15) is 0 Å². The first-order valence-corrected chi connectivity index (χ1v) is 7.30. The predicted octanol–water partition coefficient (Wildman–Crippen LogP) is 2.00. The fourth-order valence-electron chi connectivity index (χ4n) is 2.47. The van der Waals surface area contributed by atoms with Crippen molar-refractivity contribution in [3.8, 4) is 0 Å². The van der Waals surface area contributed by atoms with Crippen LogP contribution in [0.4, 0.5) is 0 Å². The van der Waals surface area contributed by atoms with E-state index in [-0.39, 0.29) is 17.9 Å². The minimum atomic E-state index is -0.0807. The number of nitrogens with zero attached hydrogens (tertiary/aromatic N) is 3. The Morgan fingerprint density at radius 1 is 1.52 bits per heavy atom. The van der Waals surface area contributed by atoms with Crippen LogP contribution >= 0.6 is 0 Å². The largest absolute Gasteiger partial charge is 0.390 e. The third kappa shape index (κ3) is 3.29. The van der Waals surface area contributed by atoms with Gasteiger partial charge in [-0.25, -0.2) is 0 Å². The summed E-state index contributed by atoms with van der Waals surface area (Å²) < 4.78 is 0. The quantitative estimate of drug-likeness (QED) is 0.751. The zero-order chi connectivity index (χ0) is 14.7. The van der Waals surface area contributed by atoms with Gasteiger partial charge in [-0.1, -0.05) is 11.2 Å². The molecule has 0 N–H and O–H groups in total. The highest BCUT2D eigenvalue weighted by molar-refractivity contribution is 6.01. The second-order valence-electron chi connectivity index (χ2n) is 5.52. The number of carbonyl (C=O) groups excluding carboxylic acids is 1. The molecule has 110 valence electrons. The second kappa shape index (κ2) is 6.08. The van der Waals surface area contributed by atoms with Crippen LogP contribution in [0.15, 0.2) is 42.3 Å². The lowest BCUT2D eigenvalue weighted by molar-refractivity contribution is -0.133. The summed E-state index contributed by atoms with van der Waals surface area (Å²) in [6.45, 7) is 4.86. The summed E-state index contributed by atoms with van der Waals surface area (Å²) in [7, 11) is 0. The number of hydrogen-bond acceptors (Lipinski definition) is 4. The van der Waals surface area contributed by atoms with E-state index in [1.54, 1.807) is 18.5 Å². The molecule has 0 spiro atoms. The van der Waals surface area contributed by atoms with Gasteiger partial charge in [0.2, 0.25) is 5.91 Å². The molecule has 1 aliphatic carbocycles. The predicted molar refractivity (Wildman–Crippen MR) is 79.8 cm³/mol. The Labute approximate surface area is 124 Å². The molecule has 0 saturated heterocycles. The Morgan fingerprint density at radius 3 is 3.05 bits per heavy atom. The van der Waals surface area contributed by atoms with Gasteiger partial charge in [0, 0.05) is 36.8 Å². The molecule has 1 aromatic heterocycles.